The Morgan fingerprint density at radius 3 is 2.50 bits per heavy atom. The van der Waals surface area contributed by atoms with Crippen molar-refractivity contribution < 1.29 is 8.42 Å². The summed E-state index contributed by atoms with van der Waals surface area (Å²) in [7, 11) is -0.0580. The lowest BCUT2D eigenvalue weighted by molar-refractivity contribution is 0.394. The standard InChI is InChI=1S/C13H22N2O2S/c1-5-11(2)10-15(4)18(16,17)13-9-7-6-8-12(13)14-3/h6-9,11,14H,5,10H2,1-4H3. The van der Waals surface area contributed by atoms with Crippen LogP contribution < -0.4 is 5.32 Å². The van der Waals surface area contributed by atoms with Gasteiger partial charge in [-0.15, -0.1) is 0 Å². The van der Waals surface area contributed by atoms with Crippen LogP contribution >= 0.6 is 0 Å². The highest BCUT2D eigenvalue weighted by atomic mass is 32.2. The first-order valence-corrected chi connectivity index (χ1v) is 7.60. The van der Waals surface area contributed by atoms with Crippen LogP contribution in [0.3, 0.4) is 0 Å². The van der Waals surface area contributed by atoms with Gasteiger partial charge in [0.25, 0.3) is 0 Å². The molecule has 0 radical (unpaired) electrons. The zero-order valence-corrected chi connectivity index (χ0v) is 12.3. The van der Waals surface area contributed by atoms with Gasteiger partial charge in [-0.2, -0.15) is 0 Å². The van der Waals surface area contributed by atoms with Gasteiger partial charge in [0.15, 0.2) is 0 Å². The number of sulfonamides is 1. The van der Waals surface area contributed by atoms with Gasteiger partial charge >= 0.3 is 0 Å². The van der Waals surface area contributed by atoms with E-state index >= 15 is 0 Å². The molecule has 0 bridgehead atoms. The monoisotopic (exact) mass is 270 g/mol. The zero-order valence-electron chi connectivity index (χ0n) is 11.5. The number of anilines is 1. The number of nitrogens with one attached hydrogen (secondary N) is 1. The average molecular weight is 270 g/mol. The minimum atomic E-state index is -3.42. The first kappa shape index (κ1) is 15.0. The molecule has 1 rings (SSSR count). The number of hydrogen-bond donors (Lipinski definition) is 1. The second-order valence-corrected chi connectivity index (χ2v) is 6.56. The summed E-state index contributed by atoms with van der Waals surface area (Å²) in [6, 6.07) is 6.96. The van der Waals surface area contributed by atoms with Crippen LogP contribution in [0.5, 0.6) is 0 Å². The highest BCUT2D eigenvalue weighted by Gasteiger charge is 2.24. The maximum atomic E-state index is 12.4. The van der Waals surface area contributed by atoms with Crippen molar-refractivity contribution in [2.24, 2.45) is 5.92 Å². The van der Waals surface area contributed by atoms with E-state index in [2.05, 4.69) is 19.2 Å². The number of para-hydroxylation sites is 1. The third-order valence-corrected chi connectivity index (χ3v) is 4.99. The lowest BCUT2D eigenvalue weighted by atomic mass is 10.1. The molecule has 0 fully saturated rings. The summed E-state index contributed by atoms with van der Waals surface area (Å²) in [6.45, 7) is 4.65. The molecule has 1 aromatic carbocycles. The molecule has 0 aliphatic heterocycles. The van der Waals surface area contributed by atoms with E-state index < -0.39 is 10.0 Å². The van der Waals surface area contributed by atoms with Crippen LogP contribution in [0.15, 0.2) is 29.2 Å². The van der Waals surface area contributed by atoms with Gasteiger partial charge in [0.2, 0.25) is 10.0 Å². The lowest BCUT2D eigenvalue weighted by Gasteiger charge is -2.21. The third-order valence-electron chi connectivity index (χ3n) is 3.11. The quantitative estimate of drug-likeness (QED) is 0.863. The maximum absolute atomic E-state index is 12.4. The van der Waals surface area contributed by atoms with Gasteiger partial charge < -0.3 is 5.32 Å². The van der Waals surface area contributed by atoms with Crippen molar-refractivity contribution in [1.82, 2.24) is 4.31 Å². The zero-order chi connectivity index (χ0) is 13.8. The van der Waals surface area contributed by atoms with E-state index in [1.165, 1.54) is 4.31 Å². The molecule has 102 valence electrons. The van der Waals surface area contributed by atoms with Crippen LogP contribution in [-0.2, 0) is 10.0 Å². The summed E-state index contributed by atoms with van der Waals surface area (Å²) in [5.74, 6) is 0.353. The van der Waals surface area contributed by atoms with Gasteiger partial charge in [-0.05, 0) is 18.1 Å². The molecule has 0 saturated carbocycles. The van der Waals surface area contributed by atoms with E-state index in [1.54, 1.807) is 32.3 Å². The SMILES string of the molecule is CCC(C)CN(C)S(=O)(=O)c1ccccc1NC. The first-order chi connectivity index (χ1) is 8.43. The predicted molar refractivity (Wildman–Crippen MR) is 75.3 cm³/mol. The van der Waals surface area contributed by atoms with Gasteiger partial charge in [0.05, 0.1) is 5.69 Å². The van der Waals surface area contributed by atoms with Crippen LogP contribution in [0.4, 0.5) is 5.69 Å². The fourth-order valence-electron chi connectivity index (χ4n) is 1.73. The Balaban J connectivity index is 3.05. The highest BCUT2D eigenvalue weighted by molar-refractivity contribution is 7.89. The topological polar surface area (TPSA) is 49.4 Å². The summed E-state index contributed by atoms with van der Waals surface area (Å²) >= 11 is 0. The van der Waals surface area contributed by atoms with Gasteiger partial charge in [0.1, 0.15) is 4.90 Å². The summed E-state index contributed by atoms with van der Waals surface area (Å²) < 4.78 is 26.3. The van der Waals surface area contributed by atoms with Crippen LogP contribution in [0.2, 0.25) is 0 Å². The van der Waals surface area contributed by atoms with Crippen molar-refractivity contribution in [3.63, 3.8) is 0 Å². The Labute approximate surface area is 110 Å². The average Bonchev–Trinajstić information content (AvgIpc) is 2.38. The molecule has 1 aromatic rings. The fourth-order valence-corrected chi connectivity index (χ4v) is 3.22. The third kappa shape index (κ3) is 3.23. The van der Waals surface area contributed by atoms with Gasteiger partial charge in [0, 0.05) is 20.6 Å². The molecule has 0 saturated heterocycles. The van der Waals surface area contributed by atoms with E-state index in [-0.39, 0.29) is 0 Å². The lowest BCUT2D eigenvalue weighted by Crippen LogP contribution is -2.31. The minimum absolute atomic E-state index is 0.332. The normalized spacial score (nSPS) is 13.6. The van der Waals surface area contributed by atoms with Crippen LogP contribution in [0.25, 0.3) is 0 Å². The molecule has 0 spiro atoms. The van der Waals surface area contributed by atoms with E-state index in [0.29, 0.717) is 23.0 Å². The molecule has 18 heavy (non-hydrogen) atoms. The Kier molecular flexibility index (Phi) is 5.16. The van der Waals surface area contributed by atoms with Crippen LogP contribution in [0, 0.1) is 5.92 Å². The van der Waals surface area contributed by atoms with Gasteiger partial charge in [-0.1, -0.05) is 32.4 Å². The Morgan fingerprint density at radius 1 is 1.33 bits per heavy atom. The number of rotatable bonds is 6. The van der Waals surface area contributed by atoms with E-state index in [9.17, 15) is 8.42 Å². The molecule has 1 N–H and O–H groups in total. The van der Waals surface area contributed by atoms with Crippen LogP contribution in [0.1, 0.15) is 20.3 Å². The predicted octanol–water partition coefficient (Wildman–Crippen LogP) is 2.39. The second kappa shape index (κ2) is 6.20. The van der Waals surface area contributed by atoms with Crippen molar-refractivity contribution >= 4 is 15.7 Å². The van der Waals surface area contributed by atoms with Crippen molar-refractivity contribution in [3.05, 3.63) is 24.3 Å². The Morgan fingerprint density at radius 2 is 1.94 bits per heavy atom. The molecule has 0 aliphatic carbocycles. The fraction of sp³-hybridized carbons (Fsp3) is 0.538. The van der Waals surface area contributed by atoms with E-state index in [4.69, 9.17) is 0 Å². The molecule has 0 aromatic heterocycles. The molecule has 1 atom stereocenters. The van der Waals surface area contributed by atoms with Crippen LogP contribution in [-0.4, -0.2) is 33.4 Å². The largest absolute Gasteiger partial charge is 0.387 e. The molecule has 0 aliphatic rings. The Hall–Kier alpha value is -1.07. The van der Waals surface area contributed by atoms with E-state index in [1.807, 2.05) is 6.07 Å². The van der Waals surface area contributed by atoms with Crippen molar-refractivity contribution in [2.45, 2.75) is 25.2 Å². The summed E-state index contributed by atoms with van der Waals surface area (Å²) in [5, 5.41) is 2.92. The second-order valence-electron chi connectivity index (χ2n) is 4.55. The molecule has 1 unspecified atom stereocenters. The number of nitrogens with zero attached hydrogens (tertiary/aromatic N) is 1. The van der Waals surface area contributed by atoms with Crippen molar-refractivity contribution in [3.8, 4) is 0 Å². The molecule has 5 heteroatoms. The summed E-state index contributed by atoms with van der Waals surface area (Å²) in [5.41, 5.74) is 0.633. The minimum Gasteiger partial charge on any atom is -0.387 e. The first-order valence-electron chi connectivity index (χ1n) is 6.16. The van der Waals surface area contributed by atoms with Gasteiger partial charge in [-0.25, -0.2) is 12.7 Å². The smallest absolute Gasteiger partial charge is 0.244 e. The molecule has 0 amide bonds. The molecular weight excluding hydrogens is 248 g/mol. The van der Waals surface area contributed by atoms with Gasteiger partial charge in [-0.3, -0.25) is 0 Å². The summed E-state index contributed by atoms with van der Waals surface area (Å²) in [4.78, 5) is 0.332. The van der Waals surface area contributed by atoms with E-state index in [0.717, 1.165) is 6.42 Å². The van der Waals surface area contributed by atoms with Crippen molar-refractivity contribution in [1.29, 1.82) is 0 Å². The molecular formula is C13H22N2O2S. The maximum Gasteiger partial charge on any atom is 0.244 e. The van der Waals surface area contributed by atoms with Crippen molar-refractivity contribution in [2.75, 3.05) is 26.0 Å². The molecule has 4 nitrogen and oxygen atoms in total. The number of hydrogen-bond acceptors (Lipinski definition) is 3. The Bertz CT molecular complexity index is 486. The number of benzene rings is 1. The molecule has 0 heterocycles. The highest BCUT2D eigenvalue weighted by Crippen LogP contribution is 2.23. The summed E-state index contributed by atoms with van der Waals surface area (Å²) in [6.07, 6.45) is 0.966.